The van der Waals surface area contributed by atoms with Crippen LogP contribution in [0.4, 0.5) is 20.2 Å². The molecule has 1 saturated heterocycles. The van der Waals surface area contributed by atoms with Crippen LogP contribution in [0.2, 0.25) is 0 Å². The third kappa shape index (κ3) is 5.61. The van der Waals surface area contributed by atoms with E-state index in [0.717, 1.165) is 0 Å². The molecule has 1 aliphatic rings. The molecular weight excluding hydrogens is 390 g/mol. The maximum atomic E-state index is 12.9. The molecular formula is C18H24F2N4O5. The monoisotopic (exact) mass is 414 g/mol. The lowest BCUT2D eigenvalue weighted by Crippen LogP contribution is -2.52. The molecule has 0 bridgehead atoms. The summed E-state index contributed by atoms with van der Waals surface area (Å²) in [5, 5.41) is 2.42. The number of carbonyl (C=O) groups is 3. The molecule has 0 unspecified atom stereocenters. The third-order valence-electron chi connectivity index (χ3n) is 4.43. The number of alkyl halides is 2. The van der Waals surface area contributed by atoms with Crippen molar-refractivity contribution < 1.29 is 32.6 Å². The van der Waals surface area contributed by atoms with E-state index in [-0.39, 0.29) is 30.5 Å². The first-order valence-electron chi connectivity index (χ1n) is 9.09. The van der Waals surface area contributed by atoms with Gasteiger partial charge >= 0.3 is 6.61 Å². The Balaban J connectivity index is 2.31. The lowest BCUT2D eigenvalue weighted by atomic mass is 10.2. The van der Waals surface area contributed by atoms with E-state index in [2.05, 4.69) is 10.1 Å². The molecule has 1 aromatic rings. The van der Waals surface area contributed by atoms with E-state index in [9.17, 15) is 23.2 Å². The van der Waals surface area contributed by atoms with Crippen molar-refractivity contribution in [3.63, 3.8) is 0 Å². The van der Waals surface area contributed by atoms with Crippen LogP contribution in [-0.4, -0.2) is 68.1 Å². The molecule has 0 saturated carbocycles. The normalized spacial score (nSPS) is 15.5. The van der Waals surface area contributed by atoms with Gasteiger partial charge in [0.05, 0.1) is 12.3 Å². The highest BCUT2D eigenvalue weighted by atomic mass is 19.3. The summed E-state index contributed by atoms with van der Waals surface area (Å²) in [6.07, 6.45) is 0. The molecule has 0 aliphatic carbocycles. The maximum Gasteiger partial charge on any atom is 0.387 e. The zero-order chi connectivity index (χ0) is 21.6. The van der Waals surface area contributed by atoms with Crippen LogP contribution in [0.5, 0.6) is 5.75 Å². The zero-order valence-corrected chi connectivity index (χ0v) is 16.2. The van der Waals surface area contributed by atoms with Gasteiger partial charge in [0.2, 0.25) is 5.91 Å². The predicted octanol–water partition coefficient (Wildman–Crippen LogP) is 0.785. The first-order valence-corrected chi connectivity index (χ1v) is 9.09. The first-order chi connectivity index (χ1) is 13.8. The molecule has 3 N–H and O–H groups in total. The largest absolute Gasteiger partial charge is 0.433 e. The summed E-state index contributed by atoms with van der Waals surface area (Å²) in [4.78, 5) is 39.3. The molecule has 0 aromatic heterocycles. The second-order valence-electron chi connectivity index (χ2n) is 6.17. The quantitative estimate of drug-likeness (QED) is 0.578. The van der Waals surface area contributed by atoms with Gasteiger partial charge in [-0.15, -0.1) is 0 Å². The molecule has 1 aromatic carbocycles. The molecule has 0 spiro atoms. The van der Waals surface area contributed by atoms with Crippen molar-refractivity contribution in [2.24, 2.45) is 5.73 Å². The Labute approximate surface area is 166 Å². The fourth-order valence-electron chi connectivity index (χ4n) is 3.03. The summed E-state index contributed by atoms with van der Waals surface area (Å²) in [6, 6.07) is 2.76. The summed E-state index contributed by atoms with van der Waals surface area (Å²) in [5.74, 6) is -2.30. The van der Waals surface area contributed by atoms with Crippen LogP contribution in [0, 0.1) is 0 Å². The molecule has 1 aliphatic heterocycles. The fourth-order valence-corrected chi connectivity index (χ4v) is 3.03. The van der Waals surface area contributed by atoms with Gasteiger partial charge < -0.3 is 25.4 Å². The van der Waals surface area contributed by atoms with Gasteiger partial charge in [-0.2, -0.15) is 8.78 Å². The van der Waals surface area contributed by atoms with E-state index in [1.807, 2.05) is 0 Å². The summed E-state index contributed by atoms with van der Waals surface area (Å²) < 4.78 is 35.4. The number of nitrogens with zero attached hydrogens (tertiary/aromatic N) is 2. The standard InChI is InChI=1S/C18H24F2N4O5/c1-3-23(4-2)15(16(21)26)17(27)22-12-6-5-11(9-13(12)29-18(19)20)24-7-8-28-10-14(24)25/h5-6,9,15,18H,3-4,7-8,10H2,1-2H3,(H2,21,26)(H,22,27)/t15-/m1/s1. The van der Waals surface area contributed by atoms with Crippen LogP contribution in [0.15, 0.2) is 18.2 Å². The molecule has 2 rings (SSSR count). The molecule has 1 atom stereocenters. The highest BCUT2D eigenvalue weighted by molar-refractivity contribution is 6.10. The molecule has 0 radical (unpaired) electrons. The Kier molecular flexibility index (Phi) is 7.85. The van der Waals surface area contributed by atoms with E-state index in [1.54, 1.807) is 13.8 Å². The van der Waals surface area contributed by atoms with Crippen LogP contribution in [-0.2, 0) is 19.1 Å². The molecule has 29 heavy (non-hydrogen) atoms. The van der Waals surface area contributed by atoms with Crippen LogP contribution in [0.25, 0.3) is 0 Å². The topological polar surface area (TPSA) is 114 Å². The fraction of sp³-hybridized carbons (Fsp3) is 0.500. The summed E-state index contributed by atoms with van der Waals surface area (Å²) in [5.41, 5.74) is 5.60. The van der Waals surface area contributed by atoms with Crippen LogP contribution < -0.4 is 20.7 Å². The van der Waals surface area contributed by atoms with Gasteiger partial charge in [0.25, 0.3) is 11.8 Å². The van der Waals surface area contributed by atoms with E-state index < -0.39 is 24.5 Å². The van der Waals surface area contributed by atoms with E-state index in [0.29, 0.717) is 25.4 Å². The van der Waals surface area contributed by atoms with E-state index >= 15 is 0 Å². The average molecular weight is 414 g/mol. The number of likely N-dealkylation sites (N-methyl/N-ethyl adjacent to an activating group) is 1. The van der Waals surface area contributed by atoms with Gasteiger partial charge in [-0.05, 0) is 25.2 Å². The average Bonchev–Trinajstić information content (AvgIpc) is 2.66. The number of primary amides is 1. The van der Waals surface area contributed by atoms with Gasteiger partial charge in [-0.25, -0.2) is 0 Å². The number of hydrogen-bond acceptors (Lipinski definition) is 6. The number of nitrogens with one attached hydrogen (secondary N) is 1. The van der Waals surface area contributed by atoms with Crippen LogP contribution in [0.1, 0.15) is 13.8 Å². The second kappa shape index (κ2) is 10.1. The van der Waals surface area contributed by atoms with Crippen molar-refractivity contribution in [1.82, 2.24) is 4.90 Å². The van der Waals surface area contributed by atoms with Gasteiger partial charge in [0, 0.05) is 18.3 Å². The lowest BCUT2D eigenvalue weighted by Gasteiger charge is -2.28. The maximum absolute atomic E-state index is 12.9. The number of nitrogens with two attached hydrogens (primary N) is 1. The molecule has 1 heterocycles. The molecule has 160 valence electrons. The predicted molar refractivity (Wildman–Crippen MR) is 101 cm³/mol. The minimum Gasteiger partial charge on any atom is -0.433 e. The summed E-state index contributed by atoms with van der Waals surface area (Å²) >= 11 is 0. The Bertz CT molecular complexity index is 758. The summed E-state index contributed by atoms with van der Waals surface area (Å²) in [6.45, 7) is 1.57. The van der Waals surface area contributed by atoms with Crippen molar-refractivity contribution in [3.05, 3.63) is 18.2 Å². The van der Waals surface area contributed by atoms with Crippen molar-refractivity contribution in [1.29, 1.82) is 0 Å². The van der Waals surface area contributed by atoms with Crippen molar-refractivity contribution in [3.8, 4) is 5.75 Å². The molecule has 1 fully saturated rings. The van der Waals surface area contributed by atoms with Gasteiger partial charge in [-0.1, -0.05) is 13.8 Å². The number of carbonyl (C=O) groups excluding carboxylic acids is 3. The van der Waals surface area contributed by atoms with Crippen LogP contribution >= 0.6 is 0 Å². The number of amides is 3. The number of hydrogen-bond donors (Lipinski definition) is 2. The number of ether oxygens (including phenoxy) is 2. The van der Waals surface area contributed by atoms with Crippen molar-refractivity contribution in [2.75, 3.05) is 43.1 Å². The SMILES string of the molecule is CCN(CC)[C@H](C(N)=O)C(=O)Nc1ccc(N2CCOCC2=O)cc1OC(F)F. The second-order valence-corrected chi connectivity index (χ2v) is 6.17. The van der Waals surface area contributed by atoms with E-state index in [1.165, 1.54) is 28.0 Å². The minimum absolute atomic E-state index is 0.0711. The van der Waals surface area contributed by atoms with E-state index in [4.69, 9.17) is 10.5 Å². The number of benzene rings is 1. The van der Waals surface area contributed by atoms with Gasteiger partial charge in [0.1, 0.15) is 6.61 Å². The Morgan fingerprint density at radius 1 is 1.34 bits per heavy atom. The van der Waals surface area contributed by atoms with Crippen LogP contribution in [0.3, 0.4) is 0 Å². The highest BCUT2D eigenvalue weighted by Gasteiger charge is 2.30. The number of morpholine rings is 1. The van der Waals surface area contributed by atoms with Gasteiger partial charge in [0.15, 0.2) is 11.8 Å². The number of rotatable bonds is 9. The van der Waals surface area contributed by atoms with Crippen molar-refractivity contribution >= 4 is 29.1 Å². The first kappa shape index (κ1) is 22.5. The van der Waals surface area contributed by atoms with Gasteiger partial charge in [-0.3, -0.25) is 19.3 Å². The zero-order valence-electron chi connectivity index (χ0n) is 16.2. The highest BCUT2D eigenvalue weighted by Crippen LogP contribution is 2.32. The third-order valence-corrected chi connectivity index (χ3v) is 4.43. The smallest absolute Gasteiger partial charge is 0.387 e. The van der Waals surface area contributed by atoms with Crippen molar-refractivity contribution in [2.45, 2.75) is 26.5 Å². The number of anilines is 2. The summed E-state index contributed by atoms with van der Waals surface area (Å²) in [7, 11) is 0. The Morgan fingerprint density at radius 3 is 2.59 bits per heavy atom. The minimum atomic E-state index is -3.16. The molecule has 9 nitrogen and oxygen atoms in total. The molecule has 11 heteroatoms. The Hall–Kier alpha value is -2.79. The number of halogens is 2. The Morgan fingerprint density at radius 2 is 2.03 bits per heavy atom. The lowest BCUT2D eigenvalue weighted by molar-refractivity contribution is -0.132. The molecule has 3 amide bonds.